The van der Waals surface area contributed by atoms with Gasteiger partial charge in [0.2, 0.25) is 5.91 Å². The van der Waals surface area contributed by atoms with Gasteiger partial charge in [-0.15, -0.1) is 10.2 Å². The first-order chi connectivity index (χ1) is 19.4. The van der Waals surface area contributed by atoms with E-state index >= 15 is 0 Å². The third-order valence-electron chi connectivity index (χ3n) is 5.36. The standard InChI is InChI=1S/C27H26N6O6S/c1-2-38-23-14-8-19(9-15-23)29-26(35)18-40-27-31-30-24(32(27)20-10-12-21(13-11-20)33(36)37)16-28-25(34)17-39-22-6-4-3-5-7-22/h3-15H,2,16-18H2,1H3,(H,28,34)(H,29,35). The van der Waals surface area contributed by atoms with E-state index in [0.29, 0.717) is 40.5 Å². The number of hydrogen-bond donors (Lipinski definition) is 2. The van der Waals surface area contributed by atoms with E-state index in [9.17, 15) is 19.7 Å². The summed E-state index contributed by atoms with van der Waals surface area (Å²) in [6.07, 6.45) is 0. The van der Waals surface area contributed by atoms with Crippen molar-refractivity contribution in [3.63, 3.8) is 0 Å². The molecule has 4 aromatic rings. The van der Waals surface area contributed by atoms with Crippen molar-refractivity contribution in [1.29, 1.82) is 0 Å². The second-order valence-corrected chi connectivity index (χ2v) is 9.12. The number of carbonyl (C=O) groups is 2. The van der Waals surface area contributed by atoms with Gasteiger partial charge in [0.25, 0.3) is 11.6 Å². The Morgan fingerprint density at radius 2 is 1.62 bits per heavy atom. The Morgan fingerprint density at radius 3 is 2.30 bits per heavy atom. The molecule has 0 saturated heterocycles. The molecule has 1 aromatic heterocycles. The fourth-order valence-corrected chi connectivity index (χ4v) is 4.28. The fraction of sp³-hybridized carbons (Fsp3) is 0.185. The van der Waals surface area contributed by atoms with E-state index in [0.717, 1.165) is 11.8 Å². The quantitative estimate of drug-likeness (QED) is 0.140. The predicted molar refractivity (Wildman–Crippen MR) is 149 cm³/mol. The molecule has 0 unspecified atom stereocenters. The Balaban J connectivity index is 1.43. The van der Waals surface area contributed by atoms with E-state index in [1.165, 1.54) is 12.1 Å². The minimum absolute atomic E-state index is 0.0138. The van der Waals surface area contributed by atoms with E-state index in [1.807, 2.05) is 13.0 Å². The zero-order valence-corrected chi connectivity index (χ0v) is 22.3. The Bertz CT molecular complexity index is 1440. The van der Waals surface area contributed by atoms with Gasteiger partial charge in [0, 0.05) is 23.5 Å². The number of para-hydroxylation sites is 1. The second-order valence-electron chi connectivity index (χ2n) is 8.18. The van der Waals surface area contributed by atoms with Gasteiger partial charge in [0.1, 0.15) is 11.5 Å². The van der Waals surface area contributed by atoms with E-state index in [2.05, 4.69) is 20.8 Å². The molecular weight excluding hydrogens is 536 g/mol. The molecule has 40 heavy (non-hydrogen) atoms. The molecule has 13 heteroatoms. The molecule has 0 atom stereocenters. The van der Waals surface area contributed by atoms with Crippen LogP contribution >= 0.6 is 11.8 Å². The number of non-ortho nitro benzene ring substituents is 1. The summed E-state index contributed by atoms with van der Waals surface area (Å²) in [5.41, 5.74) is 1.08. The zero-order chi connectivity index (χ0) is 28.3. The van der Waals surface area contributed by atoms with Gasteiger partial charge in [0.15, 0.2) is 17.6 Å². The molecule has 4 rings (SSSR count). The molecule has 1 heterocycles. The first-order valence-electron chi connectivity index (χ1n) is 12.2. The van der Waals surface area contributed by atoms with Crippen molar-refractivity contribution in [2.45, 2.75) is 18.6 Å². The highest BCUT2D eigenvalue weighted by molar-refractivity contribution is 7.99. The zero-order valence-electron chi connectivity index (χ0n) is 21.5. The smallest absolute Gasteiger partial charge is 0.269 e. The van der Waals surface area contributed by atoms with E-state index in [1.54, 1.807) is 65.2 Å². The minimum atomic E-state index is -0.495. The number of rotatable bonds is 13. The number of nitro groups is 1. The summed E-state index contributed by atoms with van der Waals surface area (Å²) in [5, 5.41) is 25.4. The lowest BCUT2D eigenvalue weighted by atomic mass is 10.3. The molecule has 0 aliphatic rings. The largest absolute Gasteiger partial charge is 0.494 e. The van der Waals surface area contributed by atoms with Gasteiger partial charge in [-0.1, -0.05) is 30.0 Å². The van der Waals surface area contributed by atoms with Crippen molar-refractivity contribution < 1.29 is 24.0 Å². The number of thioether (sulfide) groups is 1. The van der Waals surface area contributed by atoms with Gasteiger partial charge in [-0.05, 0) is 55.5 Å². The average molecular weight is 563 g/mol. The van der Waals surface area contributed by atoms with E-state index in [4.69, 9.17) is 9.47 Å². The topological polar surface area (TPSA) is 151 Å². The number of hydrogen-bond acceptors (Lipinski definition) is 9. The van der Waals surface area contributed by atoms with Crippen LogP contribution in [0, 0.1) is 10.1 Å². The molecule has 12 nitrogen and oxygen atoms in total. The molecule has 2 N–H and O–H groups in total. The number of ether oxygens (including phenoxy) is 2. The average Bonchev–Trinajstić information content (AvgIpc) is 3.38. The van der Waals surface area contributed by atoms with Crippen LogP contribution in [0.3, 0.4) is 0 Å². The first kappa shape index (κ1) is 28.1. The summed E-state index contributed by atoms with van der Waals surface area (Å²) < 4.78 is 12.5. The van der Waals surface area contributed by atoms with Gasteiger partial charge < -0.3 is 20.1 Å². The summed E-state index contributed by atoms with van der Waals surface area (Å²) in [7, 11) is 0. The molecule has 0 saturated carbocycles. The summed E-state index contributed by atoms with van der Waals surface area (Å²) >= 11 is 1.13. The minimum Gasteiger partial charge on any atom is -0.494 e. The lowest BCUT2D eigenvalue weighted by Gasteiger charge is -2.11. The monoisotopic (exact) mass is 562 g/mol. The maximum atomic E-state index is 12.6. The number of amides is 2. The maximum Gasteiger partial charge on any atom is 0.269 e. The normalized spacial score (nSPS) is 10.5. The SMILES string of the molecule is CCOc1ccc(NC(=O)CSc2nnc(CNC(=O)COc3ccccc3)n2-c2ccc([N+](=O)[O-])cc2)cc1. The molecular formula is C27H26N6O6S. The van der Waals surface area contributed by atoms with Crippen LogP contribution in [0.2, 0.25) is 0 Å². The van der Waals surface area contributed by atoms with Gasteiger partial charge in [-0.2, -0.15) is 0 Å². The summed E-state index contributed by atoms with van der Waals surface area (Å²) in [4.78, 5) is 35.6. The van der Waals surface area contributed by atoms with Gasteiger partial charge in [0.05, 0.1) is 23.8 Å². The van der Waals surface area contributed by atoms with Crippen LogP contribution in [0.5, 0.6) is 11.5 Å². The molecule has 2 amide bonds. The van der Waals surface area contributed by atoms with Gasteiger partial charge in [-0.25, -0.2) is 0 Å². The van der Waals surface area contributed by atoms with Crippen LogP contribution in [0.25, 0.3) is 5.69 Å². The second kappa shape index (κ2) is 13.8. The van der Waals surface area contributed by atoms with Gasteiger partial charge in [-0.3, -0.25) is 24.3 Å². The van der Waals surface area contributed by atoms with Crippen molar-refractivity contribution >= 4 is 35.0 Å². The Kier molecular flexibility index (Phi) is 9.67. The summed E-state index contributed by atoms with van der Waals surface area (Å²) in [6.45, 7) is 2.26. The predicted octanol–water partition coefficient (Wildman–Crippen LogP) is 4.00. The third kappa shape index (κ3) is 7.80. The van der Waals surface area contributed by atoms with Crippen LogP contribution in [0.1, 0.15) is 12.7 Å². The Hall–Kier alpha value is -4.91. The van der Waals surface area contributed by atoms with Crippen LogP contribution in [0.15, 0.2) is 84.0 Å². The van der Waals surface area contributed by atoms with E-state index < -0.39 is 4.92 Å². The first-order valence-corrected chi connectivity index (χ1v) is 13.2. The van der Waals surface area contributed by atoms with Crippen molar-refractivity contribution in [2.24, 2.45) is 0 Å². The molecule has 0 fully saturated rings. The summed E-state index contributed by atoms with van der Waals surface area (Å²) in [5.74, 6) is 1.03. The maximum absolute atomic E-state index is 12.6. The van der Waals surface area contributed by atoms with Crippen LogP contribution in [-0.4, -0.2) is 50.5 Å². The molecule has 0 aliphatic heterocycles. The molecule has 206 valence electrons. The Labute approximate surface area is 233 Å². The van der Waals surface area contributed by atoms with Crippen molar-refractivity contribution in [1.82, 2.24) is 20.1 Å². The fourth-order valence-electron chi connectivity index (χ4n) is 3.51. The van der Waals surface area contributed by atoms with Crippen molar-refractivity contribution in [3.05, 3.63) is 94.8 Å². The number of benzene rings is 3. The lowest BCUT2D eigenvalue weighted by Crippen LogP contribution is -2.29. The number of nitro benzene ring substituents is 1. The molecule has 0 radical (unpaired) electrons. The van der Waals surface area contributed by atoms with Crippen molar-refractivity contribution in [3.8, 4) is 17.2 Å². The Morgan fingerprint density at radius 1 is 0.925 bits per heavy atom. The number of nitrogens with zero attached hydrogens (tertiary/aromatic N) is 4. The highest BCUT2D eigenvalue weighted by atomic mass is 32.2. The van der Waals surface area contributed by atoms with Crippen molar-refractivity contribution in [2.75, 3.05) is 24.3 Å². The highest BCUT2D eigenvalue weighted by Crippen LogP contribution is 2.24. The van der Waals surface area contributed by atoms with Crippen LogP contribution < -0.4 is 20.1 Å². The summed E-state index contributed by atoms with van der Waals surface area (Å²) in [6, 6.07) is 21.8. The molecule has 3 aromatic carbocycles. The van der Waals surface area contributed by atoms with Crippen LogP contribution in [0.4, 0.5) is 11.4 Å². The lowest BCUT2D eigenvalue weighted by molar-refractivity contribution is -0.384. The van der Waals surface area contributed by atoms with E-state index in [-0.39, 0.29) is 36.4 Å². The number of nitrogens with one attached hydrogen (secondary N) is 2. The highest BCUT2D eigenvalue weighted by Gasteiger charge is 2.18. The third-order valence-corrected chi connectivity index (χ3v) is 6.29. The van der Waals surface area contributed by atoms with Crippen LogP contribution in [-0.2, 0) is 16.1 Å². The molecule has 0 aliphatic carbocycles. The number of carbonyl (C=O) groups excluding carboxylic acids is 2. The van der Waals surface area contributed by atoms with Gasteiger partial charge >= 0.3 is 0 Å². The number of anilines is 1. The number of aromatic nitrogens is 3. The molecule has 0 bridgehead atoms. The molecule has 0 spiro atoms.